The van der Waals surface area contributed by atoms with E-state index in [1.807, 2.05) is 13.8 Å². The Morgan fingerprint density at radius 1 is 0.850 bits per heavy atom. The Kier molecular flexibility index (Phi) is 2.61. The molecule has 0 unspecified atom stereocenters. The number of amides is 2. The molecular formula is C16H14N2O2. The number of rotatable bonds is 1. The third-order valence-electron chi connectivity index (χ3n) is 3.84. The number of nitrogen functional groups attached to an aromatic ring is 1. The van der Waals surface area contributed by atoms with Crippen molar-refractivity contribution in [1.82, 2.24) is 0 Å². The van der Waals surface area contributed by atoms with Crippen LogP contribution >= 0.6 is 0 Å². The van der Waals surface area contributed by atoms with E-state index in [-0.39, 0.29) is 11.8 Å². The van der Waals surface area contributed by atoms with Gasteiger partial charge in [-0.05, 0) is 49.2 Å². The van der Waals surface area contributed by atoms with E-state index in [0.29, 0.717) is 22.5 Å². The first kappa shape index (κ1) is 12.4. The Morgan fingerprint density at radius 3 is 1.95 bits per heavy atom. The van der Waals surface area contributed by atoms with Crippen LogP contribution in [-0.2, 0) is 0 Å². The van der Waals surface area contributed by atoms with Crippen LogP contribution in [-0.4, -0.2) is 11.8 Å². The van der Waals surface area contributed by atoms with E-state index in [1.165, 1.54) is 4.90 Å². The summed E-state index contributed by atoms with van der Waals surface area (Å²) in [5, 5.41) is 0. The number of hydrogen-bond donors (Lipinski definition) is 1. The van der Waals surface area contributed by atoms with Crippen molar-refractivity contribution < 1.29 is 9.59 Å². The van der Waals surface area contributed by atoms with Gasteiger partial charge in [-0.2, -0.15) is 0 Å². The molecule has 4 nitrogen and oxygen atoms in total. The average molecular weight is 266 g/mol. The highest BCUT2D eigenvalue weighted by atomic mass is 16.2. The Labute approximate surface area is 116 Å². The minimum atomic E-state index is -0.280. The zero-order chi connectivity index (χ0) is 14.4. The molecule has 2 aromatic carbocycles. The van der Waals surface area contributed by atoms with Crippen molar-refractivity contribution in [2.45, 2.75) is 13.8 Å². The molecule has 0 saturated carbocycles. The van der Waals surface area contributed by atoms with Crippen LogP contribution in [0.3, 0.4) is 0 Å². The van der Waals surface area contributed by atoms with Crippen LogP contribution < -0.4 is 10.6 Å². The van der Waals surface area contributed by atoms with Crippen LogP contribution in [0.1, 0.15) is 31.8 Å². The lowest BCUT2D eigenvalue weighted by Crippen LogP contribution is -2.30. The third-order valence-corrected chi connectivity index (χ3v) is 3.84. The summed E-state index contributed by atoms with van der Waals surface area (Å²) in [6, 6.07) is 10.3. The zero-order valence-electron chi connectivity index (χ0n) is 11.3. The molecule has 1 aliphatic heterocycles. The van der Waals surface area contributed by atoms with Gasteiger partial charge in [0.15, 0.2) is 0 Å². The molecule has 0 atom stereocenters. The fourth-order valence-corrected chi connectivity index (χ4v) is 2.48. The van der Waals surface area contributed by atoms with Crippen molar-refractivity contribution >= 4 is 23.2 Å². The lowest BCUT2D eigenvalue weighted by Gasteiger charge is -2.18. The molecule has 1 heterocycles. The third kappa shape index (κ3) is 1.54. The summed E-state index contributed by atoms with van der Waals surface area (Å²) in [6.07, 6.45) is 0. The Balaban J connectivity index is 2.17. The van der Waals surface area contributed by atoms with Crippen LogP contribution in [0.15, 0.2) is 36.4 Å². The normalized spacial score (nSPS) is 13.8. The number of carbonyl (C=O) groups excluding carboxylic acids is 2. The van der Waals surface area contributed by atoms with Crippen molar-refractivity contribution in [3.8, 4) is 0 Å². The predicted molar refractivity (Wildman–Crippen MR) is 77.9 cm³/mol. The number of benzene rings is 2. The number of imide groups is 1. The van der Waals surface area contributed by atoms with E-state index >= 15 is 0 Å². The molecule has 100 valence electrons. The molecular weight excluding hydrogens is 252 g/mol. The Hall–Kier alpha value is -2.62. The number of anilines is 2. The summed E-state index contributed by atoms with van der Waals surface area (Å²) in [5.74, 6) is -0.559. The molecule has 4 heteroatoms. The summed E-state index contributed by atoms with van der Waals surface area (Å²) in [5.41, 5.74) is 9.74. The van der Waals surface area contributed by atoms with E-state index in [4.69, 9.17) is 5.73 Å². The van der Waals surface area contributed by atoms with E-state index in [0.717, 1.165) is 11.1 Å². The maximum atomic E-state index is 12.4. The molecule has 0 saturated heterocycles. The van der Waals surface area contributed by atoms with Gasteiger partial charge in [0.1, 0.15) is 0 Å². The largest absolute Gasteiger partial charge is 0.399 e. The Bertz CT molecular complexity index is 715. The zero-order valence-corrected chi connectivity index (χ0v) is 11.3. The number of fused-ring (bicyclic) bond motifs is 1. The van der Waals surface area contributed by atoms with Crippen LogP contribution in [0.4, 0.5) is 11.4 Å². The molecule has 0 bridgehead atoms. The predicted octanol–water partition coefficient (Wildman–Crippen LogP) is 2.69. The van der Waals surface area contributed by atoms with Gasteiger partial charge in [-0.1, -0.05) is 12.1 Å². The topological polar surface area (TPSA) is 63.4 Å². The van der Waals surface area contributed by atoms with Gasteiger partial charge in [-0.25, -0.2) is 4.90 Å². The van der Waals surface area contributed by atoms with E-state index < -0.39 is 0 Å². The highest BCUT2D eigenvalue weighted by Crippen LogP contribution is 2.33. The molecule has 0 radical (unpaired) electrons. The molecule has 2 N–H and O–H groups in total. The highest BCUT2D eigenvalue weighted by Gasteiger charge is 2.37. The minimum Gasteiger partial charge on any atom is -0.399 e. The van der Waals surface area contributed by atoms with Crippen molar-refractivity contribution in [1.29, 1.82) is 0 Å². The van der Waals surface area contributed by atoms with Gasteiger partial charge < -0.3 is 5.73 Å². The maximum Gasteiger partial charge on any atom is 0.266 e. The fourth-order valence-electron chi connectivity index (χ4n) is 2.48. The van der Waals surface area contributed by atoms with Gasteiger partial charge in [0.2, 0.25) is 0 Å². The number of nitrogens with two attached hydrogens (primary N) is 1. The quantitative estimate of drug-likeness (QED) is 0.637. The first-order valence-electron chi connectivity index (χ1n) is 6.36. The first-order valence-corrected chi connectivity index (χ1v) is 6.36. The van der Waals surface area contributed by atoms with Gasteiger partial charge in [0, 0.05) is 5.69 Å². The molecule has 0 spiro atoms. The monoisotopic (exact) mass is 266 g/mol. The van der Waals surface area contributed by atoms with Crippen LogP contribution in [0.2, 0.25) is 0 Å². The molecule has 1 aliphatic rings. The van der Waals surface area contributed by atoms with Crippen molar-refractivity contribution in [3.05, 3.63) is 58.7 Å². The number of carbonyl (C=O) groups is 2. The molecule has 20 heavy (non-hydrogen) atoms. The second-order valence-electron chi connectivity index (χ2n) is 4.92. The molecule has 0 aromatic heterocycles. The SMILES string of the molecule is Cc1c(N)ccc(N2C(=O)c3ccccc3C2=O)c1C. The second-order valence-corrected chi connectivity index (χ2v) is 4.92. The maximum absolute atomic E-state index is 12.4. The van der Waals surface area contributed by atoms with Gasteiger partial charge in [-0.3, -0.25) is 9.59 Å². The summed E-state index contributed by atoms with van der Waals surface area (Å²) in [6.45, 7) is 3.75. The molecule has 2 aromatic rings. The minimum absolute atomic E-state index is 0.280. The molecule has 0 aliphatic carbocycles. The summed E-state index contributed by atoms with van der Waals surface area (Å²) < 4.78 is 0. The van der Waals surface area contributed by atoms with Crippen LogP contribution in [0.25, 0.3) is 0 Å². The molecule has 2 amide bonds. The van der Waals surface area contributed by atoms with Gasteiger partial charge in [0.05, 0.1) is 16.8 Å². The number of hydrogen-bond acceptors (Lipinski definition) is 3. The average Bonchev–Trinajstić information content (AvgIpc) is 2.70. The van der Waals surface area contributed by atoms with Crippen LogP contribution in [0, 0.1) is 13.8 Å². The van der Waals surface area contributed by atoms with Crippen LogP contribution in [0.5, 0.6) is 0 Å². The summed E-state index contributed by atoms with van der Waals surface area (Å²) in [4.78, 5) is 26.1. The molecule has 0 fully saturated rings. The lowest BCUT2D eigenvalue weighted by atomic mass is 10.1. The van der Waals surface area contributed by atoms with Crippen molar-refractivity contribution in [2.75, 3.05) is 10.6 Å². The van der Waals surface area contributed by atoms with Crippen molar-refractivity contribution in [2.24, 2.45) is 0 Å². The van der Waals surface area contributed by atoms with Gasteiger partial charge in [0.25, 0.3) is 11.8 Å². The fraction of sp³-hybridized carbons (Fsp3) is 0.125. The number of nitrogens with zero attached hydrogens (tertiary/aromatic N) is 1. The standard InChI is InChI=1S/C16H14N2O2/c1-9-10(2)14(8-7-13(9)17)18-15(19)11-5-3-4-6-12(11)16(18)20/h3-8H,17H2,1-2H3. The Morgan fingerprint density at radius 2 is 1.40 bits per heavy atom. The van der Waals surface area contributed by atoms with E-state index in [9.17, 15) is 9.59 Å². The summed E-state index contributed by atoms with van der Waals surface area (Å²) >= 11 is 0. The second kappa shape index (κ2) is 4.20. The highest BCUT2D eigenvalue weighted by molar-refractivity contribution is 6.34. The lowest BCUT2D eigenvalue weighted by molar-refractivity contribution is 0.0926. The van der Waals surface area contributed by atoms with Crippen molar-refractivity contribution in [3.63, 3.8) is 0 Å². The van der Waals surface area contributed by atoms with Gasteiger partial charge >= 0.3 is 0 Å². The molecule has 3 rings (SSSR count). The van der Waals surface area contributed by atoms with E-state index in [1.54, 1.807) is 36.4 Å². The first-order chi connectivity index (χ1) is 9.52. The smallest absolute Gasteiger partial charge is 0.266 e. The van der Waals surface area contributed by atoms with E-state index in [2.05, 4.69) is 0 Å². The van der Waals surface area contributed by atoms with Gasteiger partial charge in [-0.15, -0.1) is 0 Å². The summed E-state index contributed by atoms with van der Waals surface area (Å²) in [7, 11) is 0.